The molecule has 0 aromatic rings. The first-order valence-corrected chi connectivity index (χ1v) is 9.86. The van der Waals surface area contributed by atoms with E-state index >= 15 is 0 Å². The quantitative estimate of drug-likeness (QED) is 0.769. The molecule has 2 aliphatic carbocycles. The van der Waals surface area contributed by atoms with Crippen molar-refractivity contribution in [3.63, 3.8) is 0 Å². The summed E-state index contributed by atoms with van der Waals surface area (Å²) in [5.74, 6) is 0.582. The number of carbonyl (C=O) groups is 3. The maximum absolute atomic E-state index is 12.9. The average molecular weight is 349 g/mol. The largest absolute Gasteiger partial charge is 0.352 e. The zero-order valence-electron chi connectivity index (χ0n) is 15.5. The third kappa shape index (κ3) is 3.67. The van der Waals surface area contributed by atoms with Crippen LogP contribution in [0.1, 0.15) is 71.6 Å². The van der Waals surface area contributed by atoms with E-state index in [-0.39, 0.29) is 24.4 Å². The van der Waals surface area contributed by atoms with E-state index in [9.17, 15) is 14.4 Å². The van der Waals surface area contributed by atoms with Crippen LogP contribution >= 0.6 is 0 Å². The minimum Gasteiger partial charge on any atom is -0.352 e. The van der Waals surface area contributed by atoms with Gasteiger partial charge in [-0.15, -0.1) is 0 Å². The van der Waals surface area contributed by atoms with Crippen molar-refractivity contribution in [2.75, 3.05) is 6.54 Å². The highest BCUT2D eigenvalue weighted by Crippen LogP contribution is 2.33. The summed E-state index contributed by atoms with van der Waals surface area (Å²) in [5, 5.41) is 5.95. The zero-order chi connectivity index (χ0) is 18.0. The van der Waals surface area contributed by atoms with Gasteiger partial charge in [0, 0.05) is 6.04 Å². The molecule has 1 aliphatic heterocycles. The Bertz CT molecular complexity index is 540. The zero-order valence-corrected chi connectivity index (χ0v) is 15.5. The van der Waals surface area contributed by atoms with E-state index < -0.39 is 11.6 Å². The van der Waals surface area contributed by atoms with Crippen molar-refractivity contribution in [1.29, 1.82) is 0 Å². The number of urea groups is 1. The SMILES string of the molecule is C[C@@H]1[C@H](C)CCC[C@@H]1NC(=O)CN1C(=O)NC2(CCCCCC2)C1=O. The van der Waals surface area contributed by atoms with E-state index in [1.54, 1.807) is 0 Å². The van der Waals surface area contributed by atoms with Crippen LogP contribution in [0.5, 0.6) is 0 Å². The third-order valence-electron chi connectivity index (χ3n) is 6.56. The molecule has 3 aliphatic rings. The van der Waals surface area contributed by atoms with Gasteiger partial charge in [-0.25, -0.2) is 4.79 Å². The lowest BCUT2D eigenvalue weighted by molar-refractivity contribution is -0.135. The number of nitrogens with zero attached hydrogens (tertiary/aromatic N) is 1. The van der Waals surface area contributed by atoms with Crippen LogP contribution in [0.25, 0.3) is 0 Å². The summed E-state index contributed by atoms with van der Waals surface area (Å²) in [5.41, 5.74) is -0.763. The summed E-state index contributed by atoms with van der Waals surface area (Å²) < 4.78 is 0. The molecule has 3 atom stereocenters. The van der Waals surface area contributed by atoms with Gasteiger partial charge in [-0.1, -0.05) is 52.4 Å². The minimum absolute atomic E-state index is 0.142. The lowest BCUT2D eigenvalue weighted by Gasteiger charge is -2.34. The summed E-state index contributed by atoms with van der Waals surface area (Å²) in [6.07, 6.45) is 8.76. The molecule has 0 aromatic heterocycles. The van der Waals surface area contributed by atoms with Crippen LogP contribution in [0.4, 0.5) is 4.79 Å². The van der Waals surface area contributed by atoms with Crippen molar-refractivity contribution < 1.29 is 14.4 Å². The Kier molecular flexibility index (Phi) is 5.35. The molecule has 1 heterocycles. The lowest BCUT2D eigenvalue weighted by atomic mass is 9.78. The second-order valence-electron chi connectivity index (χ2n) is 8.26. The summed E-state index contributed by atoms with van der Waals surface area (Å²) in [6, 6.07) is -0.268. The van der Waals surface area contributed by atoms with Crippen LogP contribution in [-0.4, -0.2) is 40.9 Å². The number of imide groups is 1. The molecule has 1 saturated heterocycles. The molecular formula is C19H31N3O3. The van der Waals surface area contributed by atoms with Crippen LogP contribution in [-0.2, 0) is 9.59 Å². The van der Waals surface area contributed by atoms with E-state index in [1.807, 2.05) is 0 Å². The first-order valence-electron chi connectivity index (χ1n) is 9.86. The van der Waals surface area contributed by atoms with Gasteiger partial charge in [0.2, 0.25) is 5.91 Å². The summed E-state index contributed by atoms with van der Waals surface area (Å²) >= 11 is 0. The van der Waals surface area contributed by atoms with Crippen LogP contribution < -0.4 is 10.6 Å². The lowest BCUT2D eigenvalue weighted by Crippen LogP contribution is -2.49. The molecular weight excluding hydrogens is 318 g/mol. The predicted molar refractivity (Wildman–Crippen MR) is 94.8 cm³/mol. The standard InChI is InChI=1S/C19H31N3O3/c1-13-8-7-9-15(14(13)2)20-16(23)12-22-17(24)19(21-18(22)25)10-5-3-4-6-11-19/h13-15H,3-12H2,1-2H3,(H,20,23)(H,21,25)/t13-,14-,15+/m1/s1. The van der Waals surface area contributed by atoms with Crippen LogP contribution in [0.3, 0.4) is 0 Å². The van der Waals surface area contributed by atoms with Gasteiger partial charge >= 0.3 is 6.03 Å². The number of nitrogens with one attached hydrogen (secondary N) is 2. The third-order valence-corrected chi connectivity index (χ3v) is 6.56. The van der Waals surface area contributed by atoms with Gasteiger partial charge in [0.25, 0.3) is 5.91 Å². The molecule has 4 amide bonds. The number of rotatable bonds is 3. The maximum Gasteiger partial charge on any atom is 0.325 e. The Morgan fingerprint density at radius 2 is 1.80 bits per heavy atom. The van der Waals surface area contributed by atoms with Crippen molar-refractivity contribution in [2.45, 2.75) is 83.2 Å². The Morgan fingerprint density at radius 3 is 2.48 bits per heavy atom. The van der Waals surface area contributed by atoms with E-state index in [4.69, 9.17) is 0 Å². The van der Waals surface area contributed by atoms with Crippen molar-refractivity contribution in [1.82, 2.24) is 15.5 Å². The Labute approximate surface area is 150 Å². The highest BCUT2D eigenvalue weighted by atomic mass is 16.2. The molecule has 0 bridgehead atoms. The van der Waals surface area contributed by atoms with Crippen molar-refractivity contribution in [2.24, 2.45) is 11.8 Å². The first-order chi connectivity index (χ1) is 11.9. The van der Waals surface area contributed by atoms with Crippen molar-refractivity contribution in [3.8, 4) is 0 Å². The summed E-state index contributed by atoms with van der Waals surface area (Å²) in [7, 11) is 0. The second-order valence-corrected chi connectivity index (χ2v) is 8.26. The fraction of sp³-hybridized carbons (Fsp3) is 0.842. The molecule has 0 radical (unpaired) electrons. The summed E-state index contributed by atoms with van der Waals surface area (Å²) in [6.45, 7) is 4.23. The van der Waals surface area contributed by atoms with Gasteiger partial charge in [-0.3, -0.25) is 14.5 Å². The number of hydrogen-bond donors (Lipinski definition) is 2. The molecule has 6 heteroatoms. The predicted octanol–water partition coefficient (Wildman–Crippen LogP) is 2.57. The molecule has 140 valence electrons. The monoisotopic (exact) mass is 349 g/mol. The minimum atomic E-state index is -0.763. The van der Waals surface area contributed by atoms with E-state index in [0.29, 0.717) is 24.7 Å². The Morgan fingerprint density at radius 1 is 1.12 bits per heavy atom. The van der Waals surface area contributed by atoms with E-state index in [2.05, 4.69) is 24.5 Å². The average Bonchev–Trinajstić information content (AvgIpc) is 2.74. The van der Waals surface area contributed by atoms with Gasteiger partial charge in [-0.2, -0.15) is 0 Å². The fourth-order valence-corrected chi connectivity index (χ4v) is 4.67. The second kappa shape index (κ2) is 7.34. The molecule has 3 rings (SSSR count). The van der Waals surface area contributed by atoms with Crippen LogP contribution in [0.15, 0.2) is 0 Å². The van der Waals surface area contributed by atoms with Gasteiger partial charge in [0.05, 0.1) is 0 Å². The van der Waals surface area contributed by atoms with E-state index in [1.165, 1.54) is 6.42 Å². The van der Waals surface area contributed by atoms with Crippen LogP contribution in [0, 0.1) is 11.8 Å². The molecule has 3 fully saturated rings. The maximum atomic E-state index is 12.9. The normalized spacial score (nSPS) is 32.4. The Balaban J connectivity index is 1.61. The van der Waals surface area contributed by atoms with Gasteiger partial charge in [0.1, 0.15) is 12.1 Å². The fourth-order valence-electron chi connectivity index (χ4n) is 4.67. The molecule has 25 heavy (non-hydrogen) atoms. The Hall–Kier alpha value is -1.59. The van der Waals surface area contributed by atoms with Crippen LogP contribution in [0.2, 0.25) is 0 Å². The molecule has 1 spiro atoms. The van der Waals surface area contributed by atoms with Crippen molar-refractivity contribution in [3.05, 3.63) is 0 Å². The van der Waals surface area contributed by atoms with Gasteiger partial charge in [0.15, 0.2) is 0 Å². The van der Waals surface area contributed by atoms with E-state index in [0.717, 1.165) is 43.4 Å². The molecule has 2 saturated carbocycles. The van der Waals surface area contributed by atoms with Crippen molar-refractivity contribution >= 4 is 17.8 Å². The molecule has 0 unspecified atom stereocenters. The molecule has 2 N–H and O–H groups in total. The first kappa shape index (κ1) is 18.2. The topological polar surface area (TPSA) is 78.5 Å². The number of hydrogen-bond acceptors (Lipinski definition) is 3. The summed E-state index contributed by atoms with van der Waals surface area (Å²) in [4.78, 5) is 38.8. The molecule has 6 nitrogen and oxygen atoms in total. The highest BCUT2D eigenvalue weighted by molar-refractivity contribution is 6.09. The van der Waals surface area contributed by atoms with Gasteiger partial charge in [-0.05, 0) is 31.1 Å². The number of amides is 4. The number of carbonyl (C=O) groups excluding carboxylic acids is 3. The molecule has 0 aromatic carbocycles. The van der Waals surface area contributed by atoms with Gasteiger partial charge < -0.3 is 10.6 Å². The smallest absolute Gasteiger partial charge is 0.325 e. The highest BCUT2D eigenvalue weighted by Gasteiger charge is 2.51.